The lowest BCUT2D eigenvalue weighted by atomic mass is 9.99. The van der Waals surface area contributed by atoms with Gasteiger partial charge in [0.25, 0.3) is 0 Å². The predicted octanol–water partition coefficient (Wildman–Crippen LogP) is 3.35. The topological polar surface area (TPSA) is 64.6 Å². The molecule has 1 aromatic carbocycles. The van der Waals surface area contributed by atoms with E-state index in [-0.39, 0.29) is 5.69 Å². The molecule has 30 heavy (non-hydrogen) atoms. The second-order valence-corrected chi connectivity index (χ2v) is 7.95. The number of nitrogens with zero attached hydrogens (tertiary/aromatic N) is 5. The average molecular weight is 416 g/mol. The molecule has 2 saturated heterocycles. The first-order valence-electron chi connectivity index (χ1n) is 10.3. The van der Waals surface area contributed by atoms with Crippen LogP contribution in [0.1, 0.15) is 19.8 Å². The van der Waals surface area contributed by atoms with Crippen LogP contribution in [0.15, 0.2) is 30.3 Å². The number of amides is 2. The summed E-state index contributed by atoms with van der Waals surface area (Å²) in [4.78, 5) is 18.3. The molecule has 0 aliphatic carbocycles. The van der Waals surface area contributed by atoms with Gasteiger partial charge in [-0.2, -0.15) is 0 Å². The minimum Gasteiger partial charge on any atom is -0.355 e. The molecule has 2 fully saturated rings. The largest absolute Gasteiger partial charge is 0.355 e. The van der Waals surface area contributed by atoms with Crippen molar-refractivity contribution in [1.29, 1.82) is 0 Å². The number of anilines is 3. The summed E-state index contributed by atoms with van der Waals surface area (Å²) in [5.74, 6) is 1.18. The molecule has 0 atom stereocenters. The highest BCUT2D eigenvalue weighted by Gasteiger charge is 2.23. The lowest BCUT2D eigenvalue weighted by Crippen LogP contribution is -2.50. The van der Waals surface area contributed by atoms with E-state index in [1.54, 1.807) is 4.90 Å². The smallest absolute Gasteiger partial charge is 0.322 e. The first kappa shape index (κ1) is 20.3. The summed E-state index contributed by atoms with van der Waals surface area (Å²) < 4.78 is 27.0. The molecule has 2 amide bonds. The normalized spacial score (nSPS) is 17.9. The number of piperazine rings is 1. The highest BCUT2D eigenvalue weighted by Crippen LogP contribution is 2.23. The monoisotopic (exact) mass is 416 g/mol. The van der Waals surface area contributed by atoms with Crippen LogP contribution in [0.4, 0.5) is 30.9 Å². The van der Waals surface area contributed by atoms with Gasteiger partial charge in [-0.3, -0.25) is 0 Å². The lowest BCUT2D eigenvalue weighted by Gasteiger charge is -2.35. The number of carbonyl (C=O) groups is 1. The van der Waals surface area contributed by atoms with E-state index in [9.17, 15) is 13.6 Å². The Morgan fingerprint density at radius 3 is 2.13 bits per heavy atom. The zero-order valence-corrected chi connectivity index (χ0v) is 17.0. The maximum absolute atomic E-state index is 13.7. The molecule has 0 spiro atoms. The summed E-state index contributed by atoms with van der Waals surface area (Å²) in [5.41, 5.74) is -0.156. The zero-order valence-electron chi connectivity index (χ0n) is 17.0. The Bertz CT molecular complexity index is 878. The van der Waals surface area contributed by atoms with Gasteiger partial charge in [0.2, 0.25) is 0 Å². The number of benzene rings is 1. The lowest BCUT2D eigenvalue weighted by molar-refractivity contribution is 0.208. The van der Waals surface area contributed by atoms with Crippen LogP contribution in [0.5, 0.6) is 0 Å². The van der Waals surface area contributed by atoms with Gasteiger partial charge in [-0.25, -0.2) is 13.6 Å². The number of hydrogen-bond donors (Lipinski definition) is 1. The molecule has 0 unspecified atom stereocenters. The second kappa shape index (κ2) is 8.81. The van der Waals surface area contributed by atoms with Gasteiger partial charge in [0, 0.05) is 45.3 Å². The maximum atomic E-state index is 13.7. The van der Waals surface area contributed by atoms with E-state index in [0.717, 1.165) is 48.8 Å². The second-order valence-electron chi connectivity index (χ2n) is 7.95. The SMILES string of the molecule is CC1CCN(c2ccc(N3CCN(C(=O)Nc4cc(F)ccc4F)CC3)nn2)CC1. The molecular weight excluding hydrogens is 390 g/mol. The third-order valence-electron chi connectivity index (χ3n) is 5.80. The number of halogens is 2. The highest BCUT2D eigenvalue weighted by atomic mass is 19.1. The Hall–Kier alpha value is -2.97. The van der Waals surface area contributed by atoms with Gasteiger partial charge in [-0.1, -0.05) is 6.92 Å². The molecule has 1 aromatic heterocycles. The average Bonchev–Trinajstić information content (AvgIpc) is 2.77. The number of rotatable bonds is 3. The van der Waals surface area contributed by atoms with E-state index in [4.69, 9.17) is 0 Å². The van der Waals surface area contributed by atoms with Gasteiger partial charge in [-0.15, -0.1) is 10.2 Å². The fourth-order valence-electron chi connectivity index (χ4n) is 3.82. The molecule has 2 aliphatic rings. The molecule has 1 N–H and O–H groups in total. The van der Waals surface area contributed by atoms with E-state index < -0.39 is 17.7 Å². The minimum absolute atomic E-state index is 0.156. The van der Waals surface area contributed by atoms with Crippen molar-refractivity contribution in [3.05, 3.63) is 42.0 Å². The Morgan fingerprint density at radius 2 is 1.53 bits per heavy atom. The summed E-state index contributed by atoms with van der Waals surface area (Å²) in [6.45, 7) is 6.39. The van der Waals surface area contributed by atoms with Crippen LogP contribution in [0.25, 0.3) is 0 Å². The van der Waals surface area contributed by atoms with Gasteiger partial charge >= 0.3 is 6.03 Å². The van der Waals surface area contributed by atoms with E-state index in [1.807, 2.05) is 12.1 Å². The fourth-order valence-corrected chi connectivity index (χ4v) is 3.82. The molecule has 0 saturated carbocycles. The van der Waals surface area contributed by atoms with Crippen LogP contribution in [-0.2, 0) is 0 Å². The van der Waals surface area contributed by atoms with Gasteiger partial charge in [0.05, 0.1) is 5.69 Å². The quantitative estimate of drug-likeness (QED) is 0.832. The van der Waals surface area contributed by atoms with Crippen LogP contribution in [-0.4, -0.2) is 60.4 Å². The molecule has 0 radical (unpaired) electrons. The summed E-state index contributed by atoms with van der Waals surface area (Å²) in [6, 6.07) is 6.52. The van der Waals surface area contributed by atoms with Crippen molar-refractivity contribution in [1.82, 2.24) is 15.1 Å². The Labute approximate surface area is 174 Å². The van der Waals surface area contributed by atoms with E-state index in [1.165, 1.54) is 12.8 Å². The number of urea groups is 1. The molecule has 7 nitrogen and oxygen atoms in total. The fraction of sp³-hybridized carbons (Fsp3) is 0.476. The van der Waals surface area contributed by atoms with Crippen LogP contribution in [0.3, 0.4) is 0 Å². The van der Waals surface area contributed by atoms with Crippen LogP contribution >= 0.6 is 0 Å². The van der Waals surface area contributed by atoms with Crippen molar-refractivity contribution >= 4 is 23.4 Å². The van der Waals surface area contributed by atoms with Crippen LogP contribution in [0.2, 0.25) is 0 Å². The van der Waals surface area contributed by atoms with Gasteiger partial charge in [0.1, 0.15) is 11.6 Å². The van der Waals surface area contributed by atoms with E-state index in [0.29, 0.717) is 26.2 Å². The molecule has 3 heterocycles. The first-order chi connectivity index (χ1) is 14.5. The predicted molar refractivity (Wildman–Crippen MR) is 112 cm³/mol. The number of nitrogens with one attached hydrogen (secondary N) is 1. The summed E-state index contributed by atoms with van der Waals surface area (Å²) in [5, 5.41) is 11.2. The van der Waals surface area contributed by atoms with Gasteiger partial charge in [-0.05, 0) is 43.0 Å². The van der Waals surface area contributed by atoms with E-state index in [2.05, 4.69) is 32.2 Å². The molecule has 2 aromatic rings. The minimum atomic E-state index is -0.665. The summed E-state index contributed by atoms with van der Waals surface area (Å²) in [7, 11) is 0. The number of piperidine rings is 1. The Morgan fingerprint density at radius 1 is 0.933 bits per heavy atom. The van der Waals surface area contributed by atoms with Crippen molar-refractivity contribution in [2.75, 3.05) is 54.4 Å². The number of aromatic nitrogens is 2. The summed E-state index contributed by atoms with van der Waals surface area (Å²) in [6.07, 6.45) is 2.35. The Kier molecular flexibility index (Phi) is 5.96. The van der Waals surface area contributed by atoms with Crippen molar-refractivity contribution in [3.63, 3.8) is 0 Å². The summed E-state index contributed by atoms with van der Waals surface area (Å²) >= 11 is 0. The van der Waals surface area contributed by atoms with Crippen LogP contribution in [0, 0.1) is 17.6 Å². The maximum Gasteiger partial charge on any atom is 0.322 e. The van der Waals surface area contributed by atoms with Crippen LogP contribution < -0.4 is 15.1 Å². The number of carbonyl (C=O) groups excluding carboxylic acids is 1. The molecule has 2 aliphatic heterocycles. The molecule has 4 rings (SSSR count). The highest BCUT2D eigenvalue weighted by molar-refractivity contribution is 5.89. The third kappa shape index (κ3) is 4.60. The van der Waals surface area contributed by atoms with Crippen molar-refractivity contribution in [3.8, 4) is 0 Å². The zero-order chi connectivity index (χ0) is 21.1. The third-order valence-corrected chi connectivity index (χ3v) is 5.80. The first-order valence-corrected chi connectivity index (χ1v) is 10.3. The van der Waals surface area contributed by atoms with Crippen molar-refractivity contribution in [2.45, 2.75) is 19.8 Å². The number of hydrogen-bond acceptors (Lipinski definition) is 5. The standard InChI is InChI=1S/C21H26F2N6O/c1-15-6-8-27(9-7-15)19-4-5-20(26-25-19)28-10-12-29(13-11-28)21(30)24-18-14-16(22)2-3-17(18)23/h2-5,14-15H,6-13H2,1H3,(H,24,30). The van der Waals surface area contributed by atoms with Crippen molar-refractivity contribution < 1.29 is 13.6 Å². The Balaban J connectivity index is 1.31. The molecule has 160 valence electrons. The molecule has 9 heteroatoms. The van der Waals surface area contributed by atoms with Crippen molar-refractivity contribution in [2.24, 2.45) is 5.92 Å². The molecular formula is C21H26F2N6O. The van der Waals surface area contributed by atoms with Gasteiger partial charge in [0.15, 0.2) is 11.6 Å². The van der Waals surface area contributed by atoms with E-state index >= 15 is 0 Å². The molecule has 0 bridgehead atoms. The van der Waals surface area contributed by atoms with Gasteiger partial charge < -0.3 is 20.0 Å².